The first-order valence-corrected chi connectivity index (χ1v) is 13.4. The number of sulfone groups is 1. The van der Waals surface area contributed by atoms with E-state index in [2.05, 4.69) is 31.6 Å². The average molecular weight is 472 g/mol. The molecule has 3 saturated heterocycles. The number of hydrogen-bond donors (Lipinski definition) is 2. The van der Waals surface area contributed by atoms with Crippen LogP contribution in [-0.2, 0) is 16.4 Å². The molecule has 0 spiro atoms. The van der Waals surface area contributed by atoms with E-state index in [1.807, 2.05) is 11.8 Å². The summed E-state index contributed by atoms with van der Waals surface area (Å²) < 4.78 is 29.9. The number of fused-ring (bicyclic) bond motifs is 2. The Kier molecular flexibility index (Phi) is 5.15. The molecule has 0 radical (unpaired) electrons. The maximum absolute atomic E-state index is 11.9. The van der Waals surface area contributed by atoms with Crippen molar-refractivity contribution in [1.29, 1.82) is 0 Å². The number of rotatable bonds is 3. The molecule has 0 bridgehead atoms. The zero-order valence-electron chi connectivity index (χ0n) is 18.7. The summed E-state index contributed by atoms with van der Waals surface area (Å²) in [5.41, 5.74) is 3.67. The molecule has 6 rings (SSSR count). The minimum atomic E-state index is -2.97. The van der Waals surface area contributed by atoms with Crippen molar-refractivity contribution in [2.24, 2.45) is 0 Å². The molecule has 0 amide bonds. The van der Waals surface area contributed by atoms with Crippen LogP contribution in [0.25, 0.3) is 0 Å². The topological polar surface area (TPSA) is 113 Å². The van der Waals surface area contributed by atoms with Crippen LogP contribution in [0.15, 0.2) is 12.4 Å². The Balaban J connectivity index is 1.24. The maximum Gasteiger partial charge on any atom is 0.164 e. The van der Waals surface area contributed by atoms with Gasteiger partial charge in [0.1, 0.15) is 24.6 Å². The minimum Gasteiger partial charge on any atom is -0.485 e. The molecule has 3 fully saturated rings. The minimum absolute atomic E-state index is 0.141. The molecule has 1 atom stereocenters. The van der Waals surface area contributed by atoms with Crippen LogP contribution in [0.4, 0.5) is 17.3 Å². The summed E-state index contributed by atoms with van der Waals surface area (Å²) in [6.07, 6.45) is 2.75. The highest BCUT2D eigenvalue weighted by Crippen LogP contribution is 2.40. The second-order valence-electron chi connectivity index (χ2n) is 9.38. The summed E-state index contributed by atoms with van der Waals surface area (Å²) in [5, 5.41) is 6.91. The van der Waals surface area contributed by atoms with Crippen LogP contribution in [-0.4, -0.2) is 85.1 Å². The normalized spacial score (nSPS) is 24.8. The van der Waals surface area contributed by atoms with Crippen molar-refractivity contribution in [2.75, 3.05) is 61.0 Å². The molecule has 176 valence electrons. The Labute approximate surface area is 193 Å². The van der Waals surface area contributed by atoms with Gasteiger partial charge in [-0.3, -0.25) is 9.88 Å². The number of anilines is 3. The molecule has 4 aliphatic heterocycles. The molecule has 10 nitrogen and oxygen atoms in total. The Morgan fingerprint density at radius 1 is 1.18 bits per heavy atom. The number of pyridine rings is 1. The van der Waals surface area contributed by atoms with Gasteiger partial charge in [-0.05, 0) is 26.0 Å². The van der Waals surface area contributed by atoms with Crippen LogP contribution in [0.3, 0.4) is 0 Å². The van der Waals surface area contributed by atoms with Crippen molar-refractivity contribution in [3.63, 3.8) is 0 Å². The smallest absolute Gasteiger partial charge is 0.164 e. The molecule has 0 aliphatic carbocycles. The van der Waals surface area contributed by atoms with Gasteiger partial charge in [0.05, 0.1) is 28.5 Å². The number of nitrogens with zero attached hydrogens (tertiary/aromatic N) is 5. The Morgan fingerprint density at radius 2 is 2.00 bits per heavy atom. The average Bonchev–Trinajstić information content (AvgIpc) is 3.20. The molecule has 4 aliphatic rings. The third kappa shape index (κ3) is 3.91. The van der Waals surface area contributed by atoms with Crippen LogP contribution in [0.2, 0.25) is 0 Å². The molecule has 2 N–H and O–H groups in total. The zero-order valence-corrected chi connectivity index (χ0v) is 19.6. The number of hydrogen-bond acceptors (Lipinski definition) is 10. The highest BCUT2D eigenvalue weighted by atomic mass is 32.2. The molecule has 0 aromatic carbocycles. The van der Waals surface area contributed by atoms with Crippen molar-refractivity contribution in [3.05, 3.63) is 29.3 Å². The monoisotopic (exact) mass is 471 g/mol. The van der Waals surface area contributed by atoms with E-state index in [4.69, 9.17) is 9.72 Å². The first-order chi connectivity index (χ1) is 16.0. The van der Waals surface area contributed by atoms with Crippen molar-refractivity contribution in [3.8, 4) is 5.75 Å². The highest BCUT2D eigenvalue weighted by molar-refractivity contribution is 7.91. The largest absolute Gasteiger partial charge is 0.485 e. The van der Waals surface area contributed by atoms with E-state index in [0.29, 0.717) is 37.5 Å². The molecular formula is C22H29N7O3S. The molecule has 2 aromatic heterocycles. The van der Waals surface area contributed by atoms with Gasteiger partial charge in [-0.2, -0.15) is 0 Å². The lowest BCUT2D eigenvalue weighted by molar-refractivity contribution is 0.0989. The van der Waals surface area contributed by atoms with Gasteiger partial charge in [-0.15, -0.1) is 0 Å². The fourth-order valence-electron chi connectivity index (χ4n) is 5.23. The summed E-state index contributed by atoms with van der Waals surface area (Å²) >= 11 is 0. The van der Waals surface area contributed by atoms with Crippen LogP contribution in [0.5, 0.6) is 5.75 Å². The third-order valence-corrected chi connectivity index (χ3v) is 8.83. The van der Waals surface area contributed by atoms with E-state index in [9.17, 15) is 8.42 Å². The summed E-state index contributed by atoms with van der Waals surface area (Å²) in [6.45, 7) is 7.43. The number of ether oxygens (including phenoxy) is 1. The summed E-state index contributed by atoms with van der Waals surface area (Å²) in [4.78, 5) is 18.4. The summed E-state index contributed by atoms with van der Waals surface area (Å²) in [5.74, 6) is 2.89. The Bertz CT molecular complexity index is 1160. The van der Waals surface area contributed by atoms with Gasteiger partial charge in [-0.1, -0.05) is 0 Å². The van der Waals surface area contributed by atoms with Crippen molar-refractivity contribution in [2.45, 2.75) is 31.9 Å². The molecule has 11 heteroatoms. The van der Waals surface area contributed by atoms with E-state index in [1.54, 1.807) is 0 Å². The van der Waals surface area contributed by atoms with Gasteiger partial charge < -0.3 is 20.3 Å². The fourth-order valence-corrected chi connectivity index (χ4v) is 6.43. The van der Waals surface area contributed by atoms with Crippen molar-refractivity contribution < 1.29 is 13.2 Å². The SMILES string of the molecule is Cc1nc(C2CN(C3CCNC3)C2)cc2c1OCc1c(ncnc1N1CCS(=O)(=O)CC1)N2. The van der Waals surface area contributed by atoms with Gasteiger partial charge in [0.25, 0.3) is 0 Å². The number of aryl methyl sites for hydroxylation is 1. The fraction of sp³-hybridized carbons (Fsp3) is 0.591. The van der Waals surface area contributed by atoms with Crippen LogP contribution >= 0.6 is 0 Å². The van der Waals surface area contributed by atoms with Gasteiger partial charge in [-0.25, -0.2) is 18.4 Å². The van der Waals surface area contributed by atoms with Gasteiger partial charge in [0.2, 0.25) is 0 Å². The molecule has 0 saturated carbocycles. The van der Waals surface area contributed by atoms with E-state index >= 15 is 0 Å². The molecule has 33 heavy (non-hydrogen) atoms. The van der Waals surface area contributed by atoms with E-state index in [0.717, 1.165) is 60.4 Å². The number of nitrogens with one attached hydrogen (secondary N) is 2. The first kappa shape index (κ1) is 21.1. The lowest BCUT2D eigenvalue weighted by Crippen LogP contribution is -2.51. The predicted molar refractivity (Wildman–Crippen MR) is 125 cm³/mol. The van der Waals surface area contributed by atoms with Crippen LogP contribution in [0, 0.1) is 6.92 Å². The van der Waals surface area contributed by atoms with Crippen LogP contribution < -0.4 is 20.3 Å². The van der Waals surface area contributed by atoms with Gasteiger partial charge in [0, 0.05) is 50.4 Å². The van der Waals surface area contributed by atoms with E-state index < -0.39 is 9.84 Å². The maximum atomic E-state index is 11.9. The standard InChI is InChI=1S/C22H29N7O3S/c1-14-20-19(8-18(26-14)15-10-29(11-15)16-2-3-23-9-16)27-21-17(12-32-20)22(25-13-24-21)28-4-6-33(30,31)7-5-28/h8,13,15-16,23H,2-7,9-12H2,1H3,(H,24,25,27). The molecule has 6 heterocycles. The molecular weight excluding hydrogens is 442 g/mol. The first-order valence-electron chi connectivity index (χ1n) is 11.6. The van der Waals surface area contributed by atoms with E-state index in [-0.39, 0.29) is 11.5 Å². The van der Waals surface area contributed by atoms with Crippen LogP contribution in [0.1, 0.15) is 29.3 Å². The molecule has 1 unspecified atom stereocenters. The Morgan fingerprint density at radius 3 is 2.76 bits per heavy atom. The zero-order chi connectivity index (χ0) is 22.6. The predicted octanol–water partition coefficient (Wildman–Crippen LogP) is 0.812. The highest BCUT2D eigenvalue weighted by Gasteiger charge is 2.36. The Hall–Kier alpha value is -2.50. The van der Waals surface area contributed by atoms with Gasteiger partial charge in [0.15, 0.2) is 15.6 Å². The van der Waals surface area contributed by atoms with Crippen molar-refractivity contribution >= 4 is 27.2 Å². The lowest BCUT2D eigenvalue weighted by Gasteiger charge is -2.42. The summed E-state index contributed by atoms with van der Waals surface area (Å²) in [7, 11) is -2.97. The third-order valence-electron chi connectivity index (χ3n) is 7.22. The quantitative estimate of drug-likeness (QED) is 0.667. The van der Waals surface area contributed by atoms with E-state index in [1.165, 1.54) is 12.7 Å². The second kappa shape index (κ2) is 8.07. The number of aromatic nitrogens is 3. The lowest BCUT2D eigenvalue weighted by atomic mass is 9.93. The summed E-state index contributed by atoms with van der Waals surface area (Å²) in [6, 6.07) is 2.75. The number of likely N-dealkylation sites (tertiary alicyclic amines) is 1. The second-order valence-corrected chi connectivity index (χ2v) is 11.7. The van der Waals surface area contributed by atoms with Gasteiger partial charge >= 0.3 is 0 Å². The van der Waals surface area contributed by atoms with Crippen molar-refractivity contribution in [1.82, 2.24) is 25.2 Å². The molecule has 2 aromatic rings.